The van der Waals surface area contributed by atoms with Gasteiger partial charge in [-0.1, -0.05) is 68.0 Å². The summed E-state index contributed by atoms with van der Waals surface area (Å²) >= 11 is 0. The number of rotatable bonds is 11. The van der Waals surface area contributed by atoms with Crippen molar-refractivity contribution < 1.29 is 8.78 Å². The zero-order valence-corrected chi connectivity index (χ0v) is 19.1. The first-order chi connectivity index (χ1) is 16.5. The number of benzene rings is 2. The maximum Gasteiger partial charge on any atom is 0.308 e. The summed E-state index contributed by atoms with van der Waals surface area (Å²) in [6, 6.07) is 15.8. The van der Waals surface area contributed by atoms with E-state index in [0.29, 0.717) is 43.9 Å². The Morgan fingerprint density at radius 2 is 1.85 bits per heavy atom. The summed E-state index contributed by atoms with van der Waals surface area (Å²) in [5.41, 5.74) is 3.83. The van der Waals surface area contributed by atoms with Crippen LogP contribution in [0.2, 0.25) is 0 Å². The van der Waals surface area contributed by atoms with Gasteiger partial charge in [-0.15, -0.1) is 16.8 Å². The van der Waals surface area contributed by atoms with Crippen molar-refractivity contribution in [3.05, 3.63) is 78.4 Å². The maximum absolute atomic E-state index is 14.6. The van der Waals surface area contributed by atoms with Gasteiger partial charge in [-0.2, -0.15) is 8.78 Å². The average Bonchev–Trinajstić information content (AvgIpc) is 3.53. The molecule has 2 aromatic carbocycles. The molecule has 0 saturated heterocycles. The van der Waals surface area contributed by atoms with Crippen LogP contribution in [0.25, 0.3) is 22.5 Å². The molecule has 7 nitrogen and oxygen atoms in total. The molecule has 0 unspecified atom stereocenters. The number of unbranched alkanes of at least 4 members (excludes halogenated alkanes) is 1. The lowest BCUT2D eigenvalue weighted by Gasteiger charge is -2.11. The summed E-state index contributed by atoms with van der Waals surface area (Å²) in [6.07, 6.45) is 3.66. The van der Waals surface area contributed by atoms with Gasteiger partial charge < -0.3 is 0 Å². The molecule has 0 aliphatic carbocycles. The van der Waals surface area contributed by atoms with Crippen molar-refractivity contribution in [2.24, 2.45) is 0 Å². The minimum Gasteiger partial charge on any atom is -0.249 e. The standard InChI is InChI=1S/C25H27F2N7/c1-3-5-15-25(26,27)24-28-22(34(31-24)16-6-4-2)17-18-11-13-19(14-12-18)20-9-7-8-10-21(20)23-29-32-33-30-23/h4,7-14H,2-3,5-6,15-17H2,1H3,(H,29,30,32,33). The zero-order chi connectivity index (χ0) is 24.0. The number of allylic oxidation sites excluding steroid dienone is 1. The van der Waals surface area contributed by atoms with Gasteiger partial charge in [0.2, 0.25) is 5.82 Å². The second-order valence-corrected chi connectivity index (χ2v) is 8.13. The lowest BCUT2D eigenvalue weighted by Crippen LogP contribution is -2.16. The van der Waals surface area contributed by atoms with E-state index < -0.39 is 11.7 Å². The van der Waals surface area contributed by atoms with Crippen LogP contribution in [0.4, 0.5) is 8.78 Å². The summed E-state index contributed by atoms with van der Waals surface area (Å²) in [5.74, 6) is -2.32. The Morgan fingerprint density at radius 3 is 2.53 bits per heavy atom. The Hall–Kier alpha value is -3.75. The van der Waals surface area contributed by atoms with Crippen molar-refractivity contribution in [1.82, 2.24) is 35.4 Å². The Balaban J connectivity index is 1.59. The SMILES string of the molecule is C=CCCn1nc(C(F)(F)CCCC)nc1Cc1ccc(-c2ccccc2-c2nnn[nH]2)cc1. The van der Waals surface area contributed by atoms with Gasteiger partial charge in [0.15, 0.2) is 5.82 Å². The number of aromatic nitrogens is 7. The van der Waals surface area contributed by atoms with Crippen LogP contribution in [0.3, 0.4) is 0 Å². The van der Waals surface area contributed by atoms with E-state index in [0.717, 1.165) is 22.3 Å². The minimum atomic E-state index is -3.03. The van der Waals surface area contributed by atoms with Crippen LogP contribution in [0.1, 0.15) is 49.8 Å². The number of aromatic amines is 1. The molecule has 2 aromatic heterocycles. The molecule has 0 radical (unpaired) electrons. The Kier molecular flexibility index (Phi) is 7.20. The van der Waals surface area contributed by atoms with Crippen LogP contribution >= 0.6 is 0 Å². The summed E-state index contributed by atoms with van der Waals surface area (Å²) < 4.78 is 30.8. The fraction of sp³-hybridized carbons (Fsp3) is 0.320. The highest BCUT2D eigenvalue weighted by Gasteiger charge is 2.36. The summed E-state index contributed by atoms with van der Waals surface area (Å²) in [4.78, 5) is 4.25. The number of halogens is 2. The molecule has 4 aromatic rings. The van der Waals surface area contributed by atoms with E-state index in [1.807, 2.05) is 55.5 Å². The van der Waals surface area contributed by atoms with Crippen molar-refractivity contribution in [3.63, 3.8) is 0 Å². The number of hydrogen-bond donors (Lipinski definition) is 1. The van der Waals surface area contributed by atoms with Gasteiger partial charge >= 0.3 is 5.92 Å². The smallest absolute Gasteiger partial charge is 0.249 e. The first kappa shape index (κ1) is 23.4. The fourth-order valence-corrected chi connectivity index (χ4v) is 3.76. The number of aryl methyl sites for hydroxylation is 1. The molecule has 0 aliphatic heterocycles. The number of H-pyrrole nitrogens is 1. The van der Waals surface area contributed by atoms with E-state index >= 15 is 0 Å². The van der Waals surface area contributed by atoms with E-state index in [4.69, 9.17) is 0 Å². The average molecular weight is 464 g/mol. The molecule has 0 amide bonds. The van der Waals surface area contributed by atoms with Crippen molar-refractivity contribution in [2.75, 3.05) is 0 Å². The van der Waals surface area contributed by atoms with Gasteiger partial charge in [0.25, 0.3) is 0 Å². The van der Waals surface area contributed by atoms with Crippen LogP contribution in [0, 0.1) is 0 Å². The van der Waals surface area contributed by atoms with Gasteiger partial charge in [-0.3, -0.25) is 0 Å². The molecule has 0 aliphatic rings. The topological polar surface area (TPSA) is 85.2 Å². The van der Waals surface area contributed by atoms with Crippen LogP contribution in [0.15, 0.2) is 61.2 Å². The lowest BCUT2D eigenvalue weighted by molar-refractivity contribution is -0.0246. The van der Waals surface area contributed by atoms with Crippen molar-refractivity contribution in [1.29, 1.82) is 0 Å². The van der Waals surface area contributed by atoms with E-state index in [1.165, 1.54) is 0 Å². The third-order valence-electron chi connectivity index (χ3n) is 5.62. The summed E-state index contributed by atoms with van der Waals surface area (Å²) in [5, 5.41) is 18.3. The molecule has 9 heteroatoms. The van der Waals surface area contributed by atoms with Gasteiger partial charge in [0.1, 0.15) is 5.82 Å². The molecule has 176 valence electrons. The second-order valence-electron chi connectivity index (χ2n) is 8.13. The predicted octanol–water partition coefficient (Wildman–Crippen LogP) is 5.57. The van der Waals surface area contributed by atoms with Crippen molar-refractivity contribution in [2.45, 2.75) is 51.5 Å². The number of alkyl halides is 2. The van der Waals surface area contributed by atoms with E-state index in [9.17, 15) is 8.78 Å². The van der Waals surface area contributed by atoms with Crippen molar-refractivity contribution >= 4 is 0 Å². The number of nitrogens with one attached hydrogen (secondary N) is 1. The molecule has 0 fully saturated rings. The number of hydrogen-bond acceptors (Lipinski definition) is 5. The van der Waals surface area contributed by atoms with Crippen LogP contribution < -0.4 is 0 Å². The molecule has 2 heterocycles. The van der Waals surface area contributed by atoms with Crippen molar-refractivity contribution in [3.8, 4) is 22.5 Å². The monoisotopic (exact) mass is 463 g/mol. The quantitative estimate of drug-likeness (QED) is 0.294. The van der Waals surface area contributed by atoms with Gasteiger partial charge in [-0.05, 0) is 40.0 Å². The van der Waals surface area contributed by atoms with Gasteiger partial charge in [-0.25, -0.2) is 14.8 Å². The first-order valence-electron chi connectivity index (χ1n) is 11.4. The summed E-state index contributed by atoms with van der Waals surface area (Å²) in [7, 11) is 0. The van der Waals surface area contributed by atoms with Crippen LogP contribution in [-0.4, -0.2) is 35.4 Å². The highest BCUT2D eigenvalue weighted by Crippen LogP contribution is 2.32. The zero-order valence-electron chi connectivity index (χ0n) is 19.1. The maximum atomic E-state index is 14.6. The van der Waals surface area contributed by atoms with Gasteiger partial charge in [0.05, 0.1) is 0 Å². The molecular formula is C25H27F2N7. The Morgan fingerprint density at radius 1 is 1.09 bits per heavy atom. The summed E-state index contributed by atoms with van der Waals surface area (Å²) in [6.45, 7) is 6.08. The van der Waals surface area contributed by atoms with E-state index in [2.05, 4.69) is 37.3 Å². The Labute approximate surface area is 196 Å². The highest BCUT2D eigenvalue weighted by molar-refractivity contribution is 5.80. The number of tetrazole rings is 1. The molecule has 1 N–H and O–H groups in total. The second kappa shape index (κ2) is 10.5. The fourth-order valence-electron chi connectivity index (χ4n) is 3.76. The molecule has 34 heavy (non-hydrogen) atoms. The molecule has 0 spiro atoms. The Bertz CT molecular complexity index is 1210. The normalized spacial score (nSPS) is 11.6. The third kappa shape index (κ3) is 5.24. The molecule has 0 atom stereocenters. The largest absolute Gasteiger partial charge is 0.308 e. The van der Waals surface area contributed by atoms with E-state index in [-0.39, 0.29) is 6.42 Å². The molecule has 0 bridgehead atoms. The molecule has 0 saturated carbocycles. The lowest BCUT2D eigenvalue weighted by atomic mass is 9.98. The third-order valence-corrected chi connectivity index (χ3v) is 5.62. The van der Waals surface area contributed by atoms with Crippen LogP contribution in [-0.2, 0) is 18.9 Å². The highest BCUT2D eigenvalue weighted by atomic mass is 19.3. The molecule has 4 rings (SSSR count). The van der Waals surface area contributed by atoms with Gasteiger partial charge in [0, 0.05) is 24.9 Å². The van der Waals surface area contributed by atoms with Crippen LogP contribution in [0.5, 0.6) is 0 Å². The predicted molar refractivity (Wildman–Crippen MR) is 126 cm³/mol. The first-order valence-corrected chi connectivity index (χ1v) is 11.4. The molecular weight excluding hydrogens is 436 g/mol. The number of nitrogens with zero attached hydrogens (tertiary/aromatic N) is 6. The minimum absolute atomic E-state index is 0.247. The van der Waals surface area contributed by atoms with E-state index in [1.54, 1.807) is 10.8 Å².